The van der Waals surface area contributed by atoms with Crippen LogP contribution in [-0.2, 0) is 22.6 Å². The van der Waals surface area contributed by atoms with E-state index in [4.69, 9.17) is 10.8 Å². The third-order valence-corrected chi connectivity index (χ3v) is 4.50. The van der Waals surface area contributed by atoms with Crippen molar-refractivity contribution >= 4 is 29.4 Å². The molecule has 8 heteroatoms. The minimum atomic E-state index is -1.00. The van der Waals surface area contributed by atoms with Crippen LogP contribution in [0.5, 0.6) is 0 Å². The zero-order valence-electron chi connectivity index (χ0n) is 14.8. The van der Waals surface area contributed by atoms with Gasteiger partial charge in [0.05, 0.1) is 12.3 Å². The molecule has 0 aliphatic carbocycles. The first-order valence-corrected chi connectivity index (χ1v) is 8.46. The van der Waals surface area contributed by atoms with Crippen LogP contribution in [0.3, 0.4) is 0 Å². The maximum atomic E-state index is 12.5. The Morgan fingerprint density at radius 1 is 1.30 bits per heavy atom. The Balaban J connectivity index is 1.84. The molecule has 1 aromatic carbocycles. The fourth-order valence-electron chi connectivity index (χ4n) is 3.19. The third kappa shape index (κ3) is 4.22. The maximum Gasteiger partial charge on any atom is 0.304 e. The van der Waals surface area contributed by atoms with E-state index in [9.17, 15) is 14.4 Å². The van der Waals surface area contributed by atoms with Gasteiger partial charge < -0.3 is 21.1 Å². The van der Waals surface area contributed by atoms with Crippen molar-refractivity contribution in [1.82, 2.24) is 9.88 Å². The number of rotatable bonds is 4. The predicted octanol–water partition coefficient (Wildman–Crippen LogP) is 1.52. The normalized spacial score (nSPS) is 16.4. The van der Waals surface area contributed by atoms with Gasteiger partial charge in [0.2, 0.25) is 5.91 Å². The zero-order chi connectivity index (χ0) is 19.6. The minimum Gasteiger partial charge on any atom is -0.481 e. The van der Waals surface area contributed by atoms with Gasteiger partial charge in [-0.1, -0.05) is 12.1 Å². The quantitative estimate of drug-likeness (QED) is 0.751. The molecule has 0 bridgehead atoms. The van der Waals surface area contributed by atoms with Crippen LogP contribution in [0.15, 0.2) is 36.4 Å². The molecule has 2 amide bonds. The maximum absolute atomic E-state index is 12.5. The largest absolute Gasteiger partial charge is 0.481 e. The van der Waals surface area contributed by atoms with Crippen LogP contribution in [0.1, 0.15) is 27.9 Å². The number of nitrogen functional groups attached to an aromatic ring is 1. The predicted molar refractivity (Wildman–Crippen MR) is 99.0 cm³/mol. The van der Waals surface area contributed by atoms with Gasteiger partial charge in [-0.25, -0.2) is 4.98 Å². The number of amides is 2. The van der Waals surface area contributed by atoms with Crippen LogP contribution in [0.2, 0.25) is 0 Å². The van der Waals surface area contributed by atoms with Crippen molar-refractivity contribution < 1.29 is 19.5 Å². The number of pyridine rings is 1. The SMILES string of the molecule is CN1Cc2cc(C(=O)Nc3cccc(N)n3)ccc2CC(CC(=O)O)C1=O. The standard InChI is InChI=1S/C19H20N4O4/c1-23-10-14-8-12(18(26)22-16-4-2-3-15(20)21-16)6-5-11(14)7-13(19(23)27)9-17(24)25/h2-6,8,13H,7,9-10H2,1H3,(H,24,25)(H3,20,21,22,26). The Morgan fingerprint density at radius 3 is 2.78 bits per heavy atom. The lowest BCUT2D eigenvalue weighted by Crippen LogP contribution is -2.32. The fourth-order valence-corrected chi connectivity index (χ4v) is 3.19. The summed E-state index contributed by atoms with van der Waals surface area (Å²) in [5, 5.41) is 11.7. The number of nitrogens with two attached hydrogens (primary N) is 1. The fraction of sp³-hybridized carbons (Fsp3) is 0.263. The number of aromatic nitrogens is 1. The van der Waals surface area contributed by atoms with Gasteiger partial charge in [-0.15, -0.1) is 0 Å². The number of nitrogens with zero attached hydrogens (tertiary/aromatic N) is 2. The van der Waals surface area contributed by atoms with Gasteiger partial charge in [0.1, 0.15) is 11.6 Å². The summed E-state index contributed by atoms with van der Waals surface area (Å²) >= 11 is 0. The highest BCUT2D eigenvalue weighted by molar-refractivity contribution is 6.04. The van der Waals surface area contributed by atoms with E-state index in [1.54, 1.807) is 43.4 Å². The molecular formula is C19H20N4O4. The second-order valence-corrected chi connectivity index (χ2v) is 6.58. The van der Waals surface area contributed by atoms with Crippen molar-refractivity contribution in [1.29, 1.82) is 0 Å². The summed E-state index contributed by atoms with van der Waals surface area (Å²) in [6, 6.07) is 10.1. The van der Waals surface area contributed by atoms with Crippen LogP contribution in [0.25, 0.3) is 0 Å². The number of aliphatic carboxylic acids is 1. The molecule has 4 N–H and O–H groups in total. The molecule has 8 nitrogen and oxygen atoms in total. The van der Waals surface area contributed by atoms with Gasteiger partial charge in [0.15, 0.2) is 0 Å². The van der Waals surface area contributed by atoms with Crippen molar-refractivity contribution in [2.75, 3.05) is 18.1 Å². The van der Waals surface area contributed by atoms with Crippen molar-refractivity contribution in [2.24, 2.45) is 5.92 Å². The topological polar surface area (TPSA) is 126 Å². The van der Waals surface area contributed by atoms with Crippen molar-refractivity contribution in [3.8, 4) is 0 Å². The van der Waals surface area contributed by atoms with Gasteiger partial charge >= 0.3 is 5.97 Å². The number of fused-ring (bicyclic) bond motifs is 1. The lowest BCUT2D eigenvalue weighted by atomic mass is 9.93. The number of carboxylic acid groups (broad SMARTS) is 1. The molecular weight excluding hydrogens is 348 g/mol. The first kappa shape index (κ1) is 18.4. The number of hydrogen-bond acceptors (Lipinski definition) is 5. The van der Waals surface area contributed by atoms with Crippen molar-refractivity contribution in [3.63, 3.8) is 0 Å². The highest BCUT2D eigenvalue weighted by Gasteiger charge is 2.29. The molecule has 1 aliphatic rings. The van der Waals surface area contributed by atoms with Crippen molar-refractivity contribution in [2.45, 2.75) is 19.4 Å². The second kappa shape index (κ2) is 7.45. The summed E-state index contributed by atoms with van der Waals surface area (Å²) in [4.78, 5) is 41.5. The van der Waals surface area contributed by atoms with E-state index in [1.807, 2.05) is 0 Å². The van der Waals surface area contributed by atoms with E-state index in [1.165, 1.54) is 4.90 Å². The zero-order valence-corrected chi connectivity index (χ0v) is 14.8. The summed E-state index contributed by atoms with van der Waals surface area (Å²) in [5.74, 6) is -1.50. The van der Waals surface area contributed by atoms with Crippen LogP contribution in [-0.4, -0.2) is 39.8 Å². The van der Waals surface area contributed by atoms with Gasteiger partial charge in [-0.3, -0.25) is 14.4 Å². The molecule has 1 aliphatic heterocycles. The molecule has 1 aromatic heterocycles. The van der Waals surface area contributed by atoms with E-state index in [0.717, 1.165) is 11.1 Å². The van der Waals surface area contributed by atoms with Gasteiger partial charge in [-0.2, -0.15) is 0 Å². The molecule has 0 radical (unpaired) electrons. The number of hydrogen-bond donors (Lipinski definition) is 3. The molecule has 0 fully saturated rings. The number of carbonyl (C=O) groups is 3. The van der Waals surface area contributed by atoms with E-state index in [2.05, 4.69) is 10.3 Å². The second-order valence-electron chi connectivity index (χ2n) is 6.58. The van der Waals surface area contributed by atoms with Crippen LogP contribution < -0.4 is 11.1 Å². The number of carbonyl (C=O) groups excluding carboxylic acids is 2. The summed E-state index contributed by atoms with van der Waals surface area (Å²) < 4.78 is 0. The lowest BCUT2D eigenvalue weighted by molar-refractivity contribution is -0.143. The Morgan fingerprint density at radius 2 is 2.07 bits per heavy atom. The molecule has 0 spiro atoms. The Bertz CT molecular complexity index is 912. The monoisotopic (exact) mass is 368 g/mol. The summed E-state index contributed by atoms with van der Waals surface area (Å²) in [6.07, 6.45) is 0.120. The highest BCUT2D eigenvalue weighted by atomic mass is 16.4. The Hall–Kier alpha value is -3.42. The average molecular weight is 368 g/mol. The molecule has 1 unspecified atom stereocenters. The molecule has 2 heterocycles. The molecule has 3 rings (SSSR count). The van der Waals surface area contributed by atoms with Crippen LogP contribution in [0.4, 0.5) is 11.6 Å². The first-order chi connectivity index (χ1) is 12.8. The molecule has 140 valence electrons. The highest BCUT2D eigenvalue weighted by Crippen LogP contribution is 2.25. The number of benzene rings is 1. The average Bonchev–Trinajstić information content (AvgIpc) is 2.71. The molecule has 27 heavy (non-hydrogen) atoms. The minimum absolute atomic E-state index is 0.205. The van der Waals surface area contributed by atoms with Crippen LogP contribution >= 0.6 is 0 Å². The first-order valence-electron chi connectivity index (χ1n) is 8.46. The third-order valence-electron chi connectivity index (χ3n) is 4.50. The summed E-state index contributed by atoms with van der Waals surface area (Å²) in [5.41, 5.74) is 7.74. The van der Waals surface area contributed by atoms with Gasteiger partial charge in [0, 0.05) is 19.2 Å². The van der Waals surface area contributed by atoms with E-state index >= 15 is 0 Å². The van der Waals surface area contributed by atoms with E-state index in [-0.39, 0.29) is 18.2 Å². The van der Waals surface area contributed by atoms with Crippen LogP contribution in [0, 0.1) is 5.92 Å². The van der Waals surface area contributed by atoms with E-state index < -0.39 is 11.9 Å². The number of anilines is 2. The number of carboxylic acids is 1. The van der Waals surface area contributed by atoms with Gasteiger partial charge in [0.25, 0.3) is 5.91 Å². The van der Waals surface area contributed by atoms with Gasteiger partial charge in [-0.05, 0) is 41.8 Å². The van der Waals surface area contributed by atoms with E-state index in [0.29, 0.717) is 30.2 Å². The van der Waals surface area contributed by atoms with Crippen molar-refractivity contribution in [3.05, 3.63) is 53.1 Å². The molecule has 0 saturated carbocycles. The summed E-state index contributed by atoms with van der Waals surface area (Å²) in [6.45, 7) is 0.321. The smallest absolute Gasteiger partial charge is 0.304 e. The number of nitrogens with one attached hydrogen (secondary N) is 1. The molecule has 1 atom stereocenters. The molecule has 2 aromatic rings. The summed E-state index contributed by atoms with van der Waals surface area (Å²) in [7, 11) is 1.63. The lowest BCUT2D eigenvalue weighted by Gasteiger charge is -2.18. The Labute approximate surface area is 156 Å². The Kier molecular flexibility index (Phi) is 5.07. The molecule has 0 saturated heterocycles.